The van der Waals surface area contributed by atoms with Crippen LogP contribution in [0.1, 0.15) is 19.8 Å². The van der Waals surface area contributed by atoms with Gasteiger partial charge in [0.15, 0.2) is 0 Å². The quantitative estimate of drug-likeness (QED) is 0.514. The lowest BCUT2D eigenvalue weighted by atomic mass is 9.99. The highest BCUT2D eigenvalue weighted by Gasteiger charge is 2.55. The molecule has 10 heavy (non-hydrogen) atoms. The molecule has 3 N–H and O–H groups in total. The Labute approximate surface area is 61.5 Å². The second kappa shape index (κ2) is 1.56. The highest BCUT2D eigenvalue weighted by Crippen LogP contribution is 2.50. The van der Waals surface area contributed by atoms with Crippen LogP contribution in [-0.4, -0.2) is 11.6 Å². The summed E-state index contributed by atoms with van der Waals surface area (Å²) >= 11 is 0. The van der Waals surface area contributed by atoms with E-state index in [4.69, 9.17) is 5.73 Å². The number of rotatable bonds is 0. The molecule has 2 aliphatic rings. The molecule has 3 unspecified atom stereocenters. The summed E-state index contributed by atoms with van der Waals surface area (Å²) in [6.45, 7) is 6.10. The first-order chi connectivity index (χ1) is 4.62. The number of hydrogen-bond acceptors (Lipinski definition) is 2. The number of nitrogens with one attached hydrogen (secondary N) is 1. The third-order valence-corrected chi connectivity index (χ3v) is 2.66. The Hall–Kier alpha value is -0.500. The van der Waals surface area contributed by atoms with Crippen molar-refractivity contribution in [3.8, 4) is 0 Å². The summed E-state index contributed by atoms with van der Waals surface area (Å²) in [4.78, 5) is 0. The Bertz CT molecular complexity index is 188. The minimum Gasteiger partial charge on any atom is -0.386 e. The maximum Gasteiger partial charge on any atom is 0.0265 e. The average Bonchev–Trinajstić information content (AvgIpc) is 2.39. The number of hydrogen-bond donors (Lipinski definition) is 2. The molecule has 56 valence electrons. The molecule has 0 radical (unpaired) electrons. The van der Waals surface area contributed by atoms with Crippen molar-refractivity contribution in [1.29, 1.82) is 0 Å². The summed E-state index contributed by atoms with van der Waals surface area (Å²) in [7, 11) is 0. The molecule has 0 amide bonds. The van der Waals surface area contributed by atoms with Crippen molar-refractivity contribution in [2.75, 3.05) is 0 Å². The Morgan fingerprint density at radius 2 is 2.40 bits per heavy atom. The van der Waals surface area contributed by atoms with E-state index in [1.54, 1.807) is 0 Å². The molecular formula is C8H14N2. The fourth-order valence-corrected chi connectivity index (χ4v) is 2.06. The van der Waals surface area contributed by atoms with E-state index >= 15 is 0 Å². The molecule has 1 heterocycles. The predicted octanol–water partition coefficient (Wildman–Crippen LogP) is 0.599. The molecular weight excluding hydrogens is 124 g/mol. The van der Waals surface area contributed by atoms with Crippen LogP contribution in [-0.2, 0) is 0 Å². The van der Waals surface area contributed by atoms with E-state index in [0.29, 0.717) is 12.0 Å². The van der Waals surface area contributed by atoms with E-state index in [1.807, 2.05) is 0 Å². The van der Waals surface area contributed by atoms with Crippen LogP contribution >= 0.6 is 0 Å². The Balaban J connectivity index is 2.15. The molecule has 0 aromatic carbocycles. The van der Waals surface area contributed by atoms with Gasteiger partial charge in [-0.05, 0) is 19.8 Å². The molecule has 0 aromatic heterocycles. The fraction of sp³-hybridized carbons (Fsp3) is 0.750. The third-order valence-electron chi connectivity index (χ3n) is 2.66. The van der Waals surface area contributed by atoms with E-state index in [0.717, 1.165) is 18.5 Å². The molecule has 1 saturated heterocycles. The van der Waals surface area contributed by atoms with Crippen molar-refractivity contribution in [3.63, 3.8) is 0 Å². The smallest absolute Gasteiger partial charge is 0.0265 e. The number of piperidine rings is 1. The molecule has 2 rings (SSSR count). The van der Waals surface area contributed by atoms with Gasteiger partial charge >= 0.3 is 0 Å². The van der Waals surface area contributed by atoms with Crippen LogP contribution in [0.5, 0.6) is 0 Å². The molecule has 3 atom stereocenters. The predicted molar refractivity (Wildman–Crippen MR) is 41.4 cm³/mol. The van der Waals surface area contributed by atoms with Crippen LogP contribution in [0.3, 0.4) is 0 Å². The van der Waals surface area contributed by atoms with Crippen LogP contribution < -0.4 is 11.1 Å². The van der Waals surface area contributed by atoms with E-state index in [9.17, 15) is 0 Å². The Morgan fingerprint density at radius 3 is 3.00 bits per heavy atom. The molecule has 2 heteroatoms. The van der Waals surface area contributed by atoms with Gasteiger partial charge in [0.1, 0.15) is 0 Å². The zero-order chi connectivity index (χ0) is 7.35. The lowest BCUT2D eigenvalue weighted by Crippen LogP contribution is -2.42. The van der Waals surface area contributed by atoms with Crippen molar-refractivity contribution in [1.82, 2.24) is 5.32 Å². The summed E-state index contributed by atoms with van der Waals surface area (Å²) in [6.07, 6.45) is 2.25. The first-order valence-corrected chi connectivity index (χ1v) is 3.86. The second-order valence-corrected chi connectivity index (χ2v) is 3.76. The first-order valence-electron chi connectivity index (χ1n) is 3.86. The van der Waals surface area contributed by atoms with E-state index < -0.39 is 0 Å². The first kappa shape index (κ1) is 6.23. The van der Waals surface area contributed by atoms with E-state index in [-0.39, 0.29) is 5.54 Å². The molecule has 0 spiro atoms. The third kappa shape index (κ3) is 0.686. The highest BCUT2D eigenvalue weighted by molar-refractivity contribution is 5.26. The lowest BCUT2D eigenvalue weighted by molar-refractivity contribution is 0.415. The second-order valence-electron chi connectivity index (χ2n) is 3.76. The molecule has 0 aromatic rings. The minimum atomic E-state index is 0.127. The van der Waals surface area contributed by atoms with Crippen LogP contribution in [0, 0.1) is 5.92 Å². The van der Waals surface area contributed by atoms with Crippen molar-refractivity contribution < 1.29 is 0 Å². The normalized spacial score (nSPS) is 51.6. The summed E-state index contributed by atoms with van der Waals surface area (Å²) in [5, 5.41) is 3.32. The Kier molecular flexibility index (Phi) is 0.972. The SMILES string of the molecule is C=C1NC(C)CC2(N)CC12. The van der Waals surface area contributed by atoms with Crippen molar-refractivity contribution in [3.05, 3.63) is 12.3 Å². The summed E-state index contributed by atoms with van der Waals surface area (Å²) in [6, 6.07) is 0.524. The maximum atomic E-state index is 6.03. The number of fused-ring (bicyclic) bond motifs is 1. The van der Waals surface area contributed by atoms with Gasteiger partial charge in [-0.2, -0.15) is 0 Å². The highest BCUT2D eigenvalue weighted by atomic mass is 15.0. The van der Waals surface area contributed by atoms with Gasteiger partial charge in [0.2, 0.25) is 0 Å². The zero-order valence-electron chi connectivity index (χ0n) is 6.35. The summed E-state index contributed by atoms with van der Waals surface area (Å²) in [5.41, 5.74) is 7.31. The zero-order valence-corrected chi connectivity index (χ0v) is 6.35. The van der Waals surface area contributed by atoms with Crippen LogP contribution in [0.4, 0.5) is 0 Å². The van der Waals surface area contributed by atoms with Gasteiger partial charge in [-0.15, -0.1) is 0 Å². The van der Waals surface area contributed by atoms with Crippen molar-refractivity contribution >= 4 is 0 Å². The fourth-order valence-electron chi connectivity index (χ4n) is 2.06. The topological polar surface area (TPSA) is 38.0 Å². The monoisotopic (exact) mass is 138 g/mol. The molecule has 1 saturated carbocycles. The van der Waals surface area contributed by atoms with Gasteiger partial charge < -0.3 is 11.1 Å². The Morgan fingerprint density at radius 1 is 1.70 bits per heavy atom. The average molecular weight is 138 g/mol. The standard InChI is InChI=1S/C8H14N2/c1-5-3-8(9)4-7(8)6(2)10-5/h5,7,10H,2-4,9H2,1H3. The van der Waals surface area contributed by atoms with Crippen LogP contribution in [0.15, 0.2) is 12.3 Å². The number of nitrogens with two attached hydrogens (primary N) is 1. The largest absolute Gasteiger partial charge is 0.386 e. The van der Waals surface area contributed by atoms with Crippen molar-refractivity contribution in [2.24, 2.45) is 11.7 Å². The van der Waals surface area contributed by atoms with Gasteiger partial charge in [-0.25, -0.2) is 0 Å². The van der Waals surface area contributed by atoms with Gasteiger partial charge in [0.25, 0.3) is 0 Å². The molecule has 2 nitrogen and oxygen atoms in total. The molecule has 1 aliphatic carbocycles. The summed E-state index contributed by atoms with van der Waals surface area (Å²) in [5.74, 6) is 0.573. The van der Waals surface area contributed by atoms with Gasteiger partial charge in [-0.3, -0.25) is 0 Å². The van der Waals surface area contributed by atoms with Gasteiger partial charge in [0, 0.05) is 23.2 Å². The minimum absolute atomic E-state index is 0.127. The lowest BCUT2D eigenvalue weighted by Gasteiger charge is -2.27. The molecule has 1 aliphatic heterocycles. The van der Waals surface area contributed by atoms with Gasteiger partial charge in [0.05, 0.1) is 0 Å². The van der Waals surface area contributed by atoms with E-state index in [1.165, 1.54) is 0 Å². The summed E-state index contributed by atoms with van der Waals surface area (Å²) < 4.78 is 0. The van der Waals surface area contributed by atoms with E-state index in [2.05, 4.69) is 18.8 Å². The molecule has 0 bridgehead atoms. The van der Waals surface area contributed by atoms with Crippen molar-refractivity contribution in [2.45, 2.75) is 31.3 Å². The van der Waals surface area contributed by atoms with Crippen LogP contribution in [0.2, 0.25) is 0 Å². The maximum absolute atomic E-state index is 6.03. The molecule has 2 fully saturated rings. The van der Waals surface area contributed by atoms with Gasteiger partial charge in [-0.1, -0.05) is 6.58 Å². The van der Waals surface area contributed by atoms with Crippen LogP contribution in [0.25, 0.3) is 0 Å².